The maximum absolute atomic E-state index is 8.67. The minimum atomic E-state index is 0.226. The number of nitrogens with one attached hydrogen (secondary N) is 1. The van der Waals surface area contributed by atoms with Crippen molar-refractivity contribution in [2.24, 2.45) is 0 Å². The van der Waals surface area contributed by atoms with Gasteiger partial charge in [-0.1, -0.05) is 0 Å². The average molecular weight is 221 g/mol. The van der Waals surface area contributed by atoms with E-state index in [0.29, 0.717) is 0 Å². The second-order valence-corrected chi connectivity index (χ2v) is 3.57. The Hall–Kier alpha value is -1.69. The molecule has 0 aliphatic rings. The summed E-state index contributed by atoms with van der Waals surface area (Å²) >= 11 is 0. The Bertz CT molecular complexity index is 467. The zero-order chi connectivity index (χ0) is 11.4. The fourth-order valence-corrected chi connectivity index (χ4v) is 1.51. The Morgan fingerprint density at radius 1 is 1.38 bits per heavy atom. The SMILES string of the molecule is Cc1nnc2c(NCCCCO)nccn12. The number of aliphatic hydroxyl groups excluding tert-OH is 1. The standard InChI is InChI=1S/C10H15N5O/c1-8-13-14-10-9(11-4-2-3-7-16)12-5-6-15(8)10/h5-6,16H,2-4,7H2,1H3,(H,11,12). The van der Waals surface area contributed by atoms with Crippen LogP contribution in [0, 0.1) is 6.92 Å². The van der Waals surface area contributed by atoms with Gasteiger partial charge in [0.05, 0.1) is 0 Å². The molecule has 0 fully saturated rings. The molecule has 86 valence electrons. The first kappa shape index (κ1) is 10.8. The predicted octanol–water partition coefficient (Wildman–Crippen LogP) is 0.617. The number of aromatic nitrogens is 4. The summed E-state index contributed by atoms with van der Waals surface area (Å²) in [6.45, 7) is 2.90. The highest BCUT2D eigenvalue weighted by Gasteiger charge is 2.06. The summed E-state index contributed by atoms with van der Waals surface area (Å²) in [5.41, 5.74) is 0.740. The second-order valence-electron chi connectivity index (χ2n) is 3.57. The Morgan fingerprint density at radius 3 is 3.06 bits per heavy atom. The van der Waals surface area contributed by atoms with Crippen molar-refractivity contribution < 1.29 is 5.11 Å². The normalized spacial score (nSPS) is 10.9. The Balaban J connectivity index is 2.11. The van der Waals surface area contributed by atoms with E-state index in [0.717, 1.165) is 36.7 Å². The van der Waals surface area contributed by atoms with E-state index in [-0.39, 0.29) is 6.61 Å². The molecule has 16 heavy (non-hydrogen) atoms. The van der Waals surface area contributed by atoms with E-state index in [9.17, 15) is 0 Å². The molecule has 0 unspecified atom stereocenters. The van der Waals surface area contributed by atoms with Crippen LogP contribution in [0.4, 0.5) is 5.82 Å². The molecule has 0 saturated carbocycles. The molecule has 2 heterocycles. The van der Waals surface area contributed by atoms with Crippen molar-refractivity contribution in [2.75, 3.05) is 18.5 Å². The topological polar surface area (TPSA) is 75.3 Å². The van der Waals surface area contributed by atoms with Crippen LogP contribution in [0.1, 0.15) is 18.7 Å². The van der Waals surface area contributed by atoms with E-state index in [1.807, 2.05) is 17.5 Å². The van der Waals surface area contributed by atoms with Crippen molar-refractivity contribution in [1.82, 2.24) is 19.6 Å². The van der Waals surface area contributed by atoms with Crippen molar-refractivity contribution in [1.29, 1.82) is 0 Å². The molecular formula is C10H15N5O. The molecule has 0 saturated heterocycles. The van der Waals surface area contributed by atoms with Gasteiger partial charge in [-0.3, -0.25) is 4.40 Å². The summed E-state index contributed by atoms with van der Waals surface area (Å²) < 4.78 is 1.89. The Kier molecular flexibility index (Phi) is 3.31. The van der Waals surface area contributed by atoms with E-state index in [1.165, 1.54) is 0 Å². The number of nitrogens with zero attached hydrogens (tertiary/aromatic N) is 4. The first-order chi connectivity index (χ1) is 7.83. The van der Waals surface area contributed by atoms with Gasteiger partial charge in [0.25, 0.3) is 0 Å². The van der Waals surface area contributed by atoms with Crippen LogP contribution in [0.5, 0.6) is 0 Å². The fourth-order valence-electron chi connectivity index (χ4n) is 1.51. The minimum absolute atomic E-state index is 0.226. The monoisotopic (exact) mass is 221 g/mol. The molecule has 2 aromatic heterocycles. The van der Waals surface area contributed by atoms with Crippen LogP contribution < -0.4 is 5.32 Å². The van der Waals surface area contributed by atoms with Gasteiger partial charge in [-0.15, -0.1) is 10.2 Å². The molecule has 0 atom stereocenters. The second kappa shape index (κ2) is 4.89. The van der Waals surface area contributed by atoms with Crippen molar-refractivity contribution in [3.05, 3.63) is 18.2 Å². The third kappa shape index (κ3) is 2.11. The molecule has 0 bridgehead atoms. The molecule has 2 rings (SSSR count). The van der Waals surface area contributed by atoms with E-state index < -0.39 is 0 Å². The lowest BCUT2D eigenvalue weighted by molar-refractivity contribution is 0.286. The van der Waals surface area contributed by atoms with Gasteiger partial charge in [0, 0.05) is 25.5 Å². The molecule has 0 spiro atoms. The third-order valence-electron chi connectivity index (χ3n) is 2.37. The molecule has 0 aliphatic carbocycles. The molecule has 0 amide bonds. The van der Waals surface area contributed by atoms with E-state index in [4.69, 9.17) is 5.11 Å². The van der Waals surface area contributed by atoms with Gasteiger partial charge in [-0.2, -0.15) is 0 Å². The molecule has 2 N–H and O–H groups in total. The summed E-state index contributed by atoms with van der Waals surface area (Å²) in [4.78, 5) is 4.22. The van der Waals surface area contributed by atoms with Crippen molar-refractivity contribution >= 4 is 11.5 Å². The summed E-state index contributed by atoms with van der Waals surface area (Å²) in [6.07, 6.45) is 5.26. The van der Waals surface area contributed by atoms with Gasteiger partial charge >= 0.3 is 0 Å². The van der Waals surface area contributed by atoms with E-state index in [1.54, 1.807) is 6.20 Å². The van der Waals surface area contributed by atoms with Crippen LogP contribution in [0.25, 0.3) is 5.65 Å². The van der Waals surface area contributed by atoms with Crippen LogP contribution in [-0.4, -0.2) is 37.8 Å². The number of unbranched alkanes of at least 4 members (excludes halogenated alkanes) is 1. The average Bonchev–Trinajstić information content (AvgIpc) is 2.68. The summed E-state index contributed by atoms with van der Waals surface area (Å²) in [7, 11) is 0. The highest BCUT2D eigenvalue weighted by atomic mass is 16.2. The quantitative estimate of drug-likeness (QED) is 0.724. The fraction of sp³-hybridized carbons (Fsp3) is 0.500. The van der Waals surface area contributed by atoms with Crippen LogP contribution in [0.2, 0.25) is 0 Å². The zero-order valence-electron chi connectivity index (χ0n) is 9.22. The van der Waals surface area contributed by atoms with Crippen LogP contribution >= 0.6 is 0 Å². The van der Waals surface area contributed by atoms with Gasteiger partial charge in [-0.05, 0) is 19.8 Å². The highest BCUT2D eigenvalue weighted by molar-refractivity contribution is 5.61. The van der Waals surface area contributed by atoms with Crippen LogP contribution in [0.15, 0.2) is 12.4 Å². The first-order valence-corrected chi connectivity index (χ1v) is 5.34. The maximum Gasteiger partial charge on any atom is 0.203 e. The predicted molar refractivity (Wildman–Crippen MR) is 60.3 cm³/mol. The van der Waals surface area contributed by atoms with Gasteiger partial charge in [-0.25, -0.2) is 4.98 Å². The Morgan fingerprint density at radius 2 is 2.25 bits per heavy atom. The lowest BCUT2D eigenvalue weighted by atomic mass is 10.3. The van der Waals surface area contributed by atoms with Gasteiger partial charge in [0.15, 0.2) is 5.82 Å². The van der Waals surface area contributed by atoms with E-state index in [2.05, 4.69) is 20.5 Å². The maximum atomic E-state index is 8.67. The first-order valence-electron chi connectivity index (χ1n) is 5.34. The summed E-state index contributed by atoms with van der Waals surface area (Å²) in [5.74, 6) is 1.58. The molecule has 2 aromatic rings. The number of hydrogen-bond donors (Lipinski definition) is 2. The molecule has 0 radical (unpaired) electrons. The van der Waals surface area contributed by atoms with Gasteiger partial charge in [0.2, 0.25) is 5.65 Å². The van der Waals surface area contributed by atoms with Crippen LogP contribution in [0.3, 0.4) is 0 Å². The number of aryl methyl sites for hydroxylation is 1. The minimum Gasteiger partial charge on any atom is -0.396 e. The lowest BCUT2D eigenvalue weighted by Crippen LogP contribution is -2.06. The number of anilines is 1. The van der Waals surface area contributed by atoms with Gasteiger partial charge in [0.1, 0.15) is 5.82 Å². The molecule has 0 aromatic carbocycles. The van der Waals surface area contributed by atoms with Crippen molar-refractivity contribution in [3.63, 3.8) is 0 Å². The van der Waals surface area contributed by atoms with Crippen molar-refractivity contribution in [3.8, 4) is 0 Å². The summed E-state index contributed by atoms with van der Waals surface area (Å²) in [6, 6.07) is 0. The molecule has 6 nitrogen and oxygen atoms in total. The number of hydrogen-bond acceptors (Lipinski definition) is 5. The van der Waals surface area contributed by atoms with Crippen LogP contribution in [-0.2, 0) is 0 Å². The molecular weight excluding hydrogens is 206 g/mol. The molecule has 0 aliphatic heterocycles. The number of rotatable bonds is 5. The van der Waals surface area contributed by atoms with Crippen molar-refractivity contribution in [2.45, 2.75) is 19.8 Å². The third-order valence-corrected chi connectivity index (χ3v) is 2.37. The molecule has 6 heteroatoms. The highest BCUT2D eigenvalue weighted by Crippen LogP contribution is 2.11. The number of fused-ring (bicyclic) bond motifs is 1. The van der Waals surface area contributed by atoms with Gasteiger partial charge < -0.3 is 10.4 Å². The van der Waals surface area contributed by atoms with E-state index >= 15 is 0 Å². The Labute approximate surface area is 93.3 Å². The smallest absolute Gasteiger partial charge is 0.203 e. The lowest BCUT2D eigenvalue weighted by Gasteiger charge is -2.05. The largest absolute Gasteiger partial charge is 0.396 e. The summed E-state index contributed by atoms with van der Waals surface area (Å²) in [5, 5.41) is 19.9. The number of aliphatic hydroxyl groups is 1. The zero-order valence-corrected chi connectivity index (χ0v) is 9.22.